The third kappa shape index (κ3) is 7.46. The molecule has 0 saturated heterocycles. The highest BCUT2D eigenvalue weighted by Crippen LogP contribution is 2.05. The maximum Gasteiger partial charge on any atom is 0.234 e. The first-order chi connectivity index (χ1) is 9.93. The van der Waals surface area contributed by atoms with Crippen molar-refractivity contribution in [2.45, 2.75) is 39.3 Å². The first kappa shape index (κ1) is 17.2. The van der Waals surface area contributed by atoms with E-state index in [1.165, 1.54) is 0 Å². The Balaban J connectivity index is 2.17. The highest BCUT2D eigenvalue weighted by molar-refractivity contribution is 5.81. The van der Waals surface area contributed by atoms with Gasteiger partial charge >= 0.3 is 0 Å². The number of rotatable bonds is 8. The van der Waals surface area contributed by atoms with Crippen molar-refractivity contribution < 1.29 is 9.59 Å². The third-order valence-electron chi connectivity index (χ3n) is 3.27. The molecule has 116 valence electrons. The number of hydrogen-bond donors (Lipinski definition) is 3. The van der Waals surface area contributed by atoms with Gasteiger partial charge in [0.05, 0.1) is 13.1 Å². The molecule has 0 aliphatic carbocycles. The van der Waals surface area contributed by atoms with Crippen LogP contribution in [0.25, 0.3) is 0 Å². The van der Waals surface area contributed by atoms with E-state index in [0.29, 0.717) is 6.54 Å². The maximum atomic E-state index is 11.7. The summed E-state index contributed by atoms with van der Waals surface area (Å²) in [5, 5.41) is 8.55. The summed E-state index contributed by atoms with van der Waals surface area (Å²) in [6, 6.07) is 9.70. The fourth-order valence-corrected chi connectivity index (χ4v) is 1.66. The Labute approximate surface area is 126 Å². The van der Waals surface area contributed by atoms with Gasteiger partial charge in [-0.25, -0.2) is 0 Å². The van der Waals surface area contributed by atoms with Crippen LogP contribution in [0, 0.1) is 0 Å². The predicted octanol–water partition coefficient (Wildman–Crippen LogP) is 1.20. The van der Waals surface area contributed by atoms with E-state index in [-0.39, 0.29) is 30.4 Å². The average Bonchev–Trinajstić information content (AvgIpc) is 2.46. The minimum Gasteiger partial charge on any atom is -0.351 e. The molecule has 1 aromatic rings. The van der Waals surface area contributed by atoms with E-state index in [1.54, 1.807) is 0 Å². The van der Waals surface area contributed by atoms with Gasteiger partial charge in [0.15, 0.2) is 0 Å². The largest absolute Gasteiger partial charge is 0.351 e. The number of carbonyl (C=O) groups is 2. The summed E-state index contributed by atoms with van der Waals surface area (Å²) >= 11 is 0. The van der Waals surface area contributed by atoms with Crippen LogP contribution in [0.3, 0.4) is 0 Å². The lowest BCUT2D eigenvalue weighted by atomic mass is 10.0. The monoisotopic (exact) mass is 291 g/mol. The molecule has 21 heavy (non-hydrogen) atoms. The zero-order valence-corrected chi connectivity index (χ0v) is 13.0. The molecular weight excluding hydrogens is 266 g/mol. The van der Waals surface area contributed by atoms with Gasteiger partial charge in [-0.05, 0) is 25.8 Å². The summed E-state index contributed by atoms with van der Waals surface area (Å²) in [6.45, 7) is 6.73. The summed E-state index contributed by atoms with van der Waals surface area (Å²) in [5.74, 6) is -0.223. The zero-order valence-electron chi connectivity index (χ0n) is 13.0. The Morgan fingerprint density at radius 3 is 2.29 bits per heavy atom. The van der Waals surface area contributed by atoms with Crippen molar-refractivity contribution in [2.24, 2.45) is 0 Å². The molecule has 0 spiro atoms. The zero-order chi connectivity index (χ0) is 15.7. The standard InChI is InChI=1S/C16H25N3O2/c1-4-16(2,3)19-15(21)12-17-11-14(20)18-10-13-8-6-5-7-9-13/h5-9,17H,4,10-12H2,1-3H3,(H,18,20)(H,19,21). The Kier molecular flexibility index (Phi) is 6.88. The predicted molar refractivity (Wildman–Crippen MR) is 83.7 cm³/mol. The molecule has 2 amide bonds. The minimum absolute atomic E-state index is 0.0993. The second-order valence-corrected chi connectivity index (χ2v) is 5.65. The Morgan fingerprint density at radius 1 is 1.05 bits per heavy atom. The van der Waals surface area contributed by atoms with Gasteiger partial charge in [0.2, 0.25) is 11.8 Å². The molecule has 3 N–H and O–H groups in total. The summed E-state index contributed by atoms with van der Waals surface area (Å²) in [5.41, 5.74) is 0.835. The molecule has 0 saturated carbocycles. The smallest absolute Gasteiger partial charge is 0.234 e. The van der Waals surface area contributed by atoms with Gasteiger partial charge in [0.1, 0.15) is 0 Å². The number of nitrogens with one attached hydrogen (secondary N) is 3. The molecule has 0 aliphatic rings. The number of carbonyl (C=O) groups excluding carboxylic acids is 2. The SMILES string of the molecule is CCC(C)(C)NC(=O)CNCC(=O)NCc1ccccc1. The van der Waals surface area contributed by atoms with Crippen LogP contribution in [0.5, 0.6) is 0 Å². The van der Waals surface area contributed by atoms with Gasteiger partial charge in [0.25, 0.3) is 0 Å². The molecule has 0 aromatic heterocycles. The lowest BCUT2D eigenvalue weighted by molar-refractivity contribution is -0.122. The minimum atomic E-state index is -0.214. The van der Waals surface area contributed by atoms with Gasteiger partial charge in [-0.1, -0.05) is 37.3 Å². The van der Waals surface area contributed by atoms with Gasteiger partial charge in [-0.2, -0.15) is 0 Å². The Hall–Kier alpha value is -1.88. The van der Waals surface area contributed by atoms with Gasteiger partial charge < -0.3 is 10.6 Å². The van der Waals surface area contributed by atoms with E-state index in [9.17, 15) is 9.59 Å². The highest BCUT2D eigenvalue weighted by atomic mass is 16.2. The van der Waals surface area contributed by atoms with Crippen molar-refractivity contribution in [3.8, 4) is 0 Å². The van der Waals surface area contributed by atoms with Crippen LogP contribution in [-0.2, 0) is 16.1 Å². The maximum absolute atomic E-state index is 11.7. The molecule has 0 radical (unpaired) electrons. The summed E-state index contributed by atoms with van der Waals surface area (Å²) < 4.78 is 0. The summed E-state index contributed by atoms with van der Waals surface area (Å²) in [6.07, 6.45) is 0.857. The molecule has 1 aromatic carbocycles. The first-order valence-electron chi connectivity index (χ1n) is 7.25. The van der Waals surface area contributed by atoms with Crippen LogP contribution in [0.1, 0.15) is 32.8 Å². The van der Waals surface area contributed by atoms with Crippen LogP contribution in [0.2, 0.25) is 0 Å². The fraction of sp³-hybridized carbons (Fsp3) is 0.500. The molecule has 5 nitrogen and oxygen atoms in total. The van der Waals surface area contributed by atoms with Crippen molar-refractivity contribution in [2.75, 3.05) is 13.1 Å². The third-order valence-corrected chi connectivity index (χ3v) is 3.27. The molecule has 0 unspecified atom stereocenters. The van der Waals surface area contributed by atoms with Gasteiger partial charge in [-0.3, -0.25) is 14.9 Å². The van der Waals surface area contributed by atoms with E-state index in [2.05, 4.69) is 16.0 Å². The van der Waals surface area contributed by atoms with Gasteiger partial charge in [-0.15, -0.1) is 0 Å². The van der Waals surface area contributed by atoms with Crippen LogP contribution < -0.4 is 16.0 Å². The topological polar surface area (TPSA) is 70.2 Å². The molecule has 0 atom stereocenters. The lowest BCUT2D eigenvalue weighted by Crippen LogP contribution is -2.47. The van der Waals surface area contributed by atoms with Crippen LogP contribution >= 0.6 is 0 Å². The molecule has 5 heteroatoms. The number of hydrogen-bond acceptors (Lipinski definition) is 3. The molecular formula is C16H25N3O2. The number of benzene rings is 1. The highest BCUT2D eigenvalue weighted by Gasteiger charge is 2.17. The Morgan fingerprint density at radius 2 is 1.67 bits per heavy atom. The Bertz CT molecular complexity index is 458. The van der Waals surface area contributed by atoms with Crippen molar-refractivity contribution in [1.29, 1.82) is 0 Å². The number of amides is 2. The molecule has 0 heterocycles. The van der Waals surface area contributed by atoms with E-state index >= 15 is 0 Å². The fourth-order valence-electron chi connectivity index (χ4n) is 1.66. The van der Waals surface area contributed by atoms with E-state index in [0.717, 1.165) is 12.0 Å². The summed E-state index contributed by atoms with van der Waals surface area (Å²) in [7, 11) is 0. The van der Waals surface area contributed by atoms with Crippen LogP contribution in [-0.4, -0.2) is 30.4 Å². The van der Waals surface area contributed by atoms with Crippen LogP contribution in [0.15, 0.2) is 30.3 Å². The second-order valence-electron chi connectivity index (χ2n) is 5.65. The lowest BCUT2D eigenvalue weighted by Gasteiger charge is -2.24. The normalized spacial score (nSPS) is 11.0. The van der Waals surface area contributed by atoms with Crippen molar-refractivity contribution >= 4 is 11.8 Å². The average molecular weight is 291 g/mol. The molecule has 0 fully saturated rings. The summed E-state index contributed by atoms with van der Waals surface area (Å²) in [4.78, 5) is 23.3. The van der Waals surface area contributed by atoms with Crippen molar-refractivity contribution in [3.63, 3.8) is 0 Å². The van der Waals surface area contributed by atoms with E-state index in [4.69, 9.17) is 0 Å². The van der Waals surface area contributed by atoms with E-state index < -0.39 is 0 Å². The molecule has 0 bridgehead atoms. The molecule has 1 rings (SSSR count). The van der Waals surface area contributed by atoms with E-state index in [1.807, 2.05) is 51.1 Å². The molecule has 0 aliphatic heterocycles. The first-order valence-corrected chi connectivity index (χ1v) is 7.25. The van der Waals surface area contributed by atoms with Crippen LogP contribution in [0.4, 0.5) is 0 Å². The second kappa shape index (κ2) is 8.42. The van der Waals surface area contributed by atoms with Crippen molar-refractivity contribution in [3.05, 3.63) is 35.9 Å². The van der Waals surface area contributed by atoms with Crippen molar-refractivity contribution in [1.82, 2.24) is 16.0 Å². The van der Waals surface area contributed by atoms with Gasteiger partial charge in [0, 0.05) is 12.1 Å². The quantitative estimate of drug-likeness (QED) is 0.674.